The van der Waals surface area contributed by atoms with Gasteiger partial charge in [0, 0.05) is 6.92 Å². The zero-order valence-electron chi connectivity index (χ0n) is 11.3. The first-order chi connectivity index (χ1) is 8.06. The number of carbonyl (C=O) groups is 1. The molecule has 1 aliphatic heterocycles. The lowest BCUT2D eigenvalue weighted by molar-refractivity contribution is -0.897. The summed E-state index contributed by atoms with van der Waals surface area (Å²) in [4.78, 5) is 12.5. The first-order valence-corrected chi connectivity index (χ1v) is 6.59. The van der Waals surface area contributed by atoms with Gasteiger partial charge in [-0.2, -0.15) is 0 Å². The van der Waals surface area contributed by atoms with Gasteiger partial charge in [-0.05, 0) is 44.4 Å². The topological polar surface area (TPSA) is 30.7 Å². The van der Waals surface area contributed by atoms with E-state index in [9.17, 15) is 4.79 Å². The normalized spacial score (nSPS) is 19.9. The molecule has 1 heterocycles. The molecule has 0 aromatic heterocycles. The van der Waals surface area contributed by atoms with E-state index in [1.165, 1.54) is 39.3 Å². The maximum absolute atomic E-state index is 11.0. The highest BCUT2D eigenvalue weighted by Gasteiger charge is 2.22. The zero-order valence-corrected chi connectivity index (χ0v) is 11.3. The lowest BCUT2D eigenvalue weighted by Crippen LogP contribution is -3.12. The Morgan fingerprint density at radius 3 is 2.53 bits per heavy atom. The molecular formula is C14H24NO2+. The second-order valence-electron chi connectivity index (χ2n) is 4.97. The highest BCUT2D eigenvalue weighted by Crippen LogP contribution is 2.13. The molecule has 1 aliphatic rings. The summed E-state index contributed by atoms with van der Waals surface area (Å²) in [6, 6.07) is 0. The summed E-state index contributed by atoms with van der Waals surface area (Å²) in [6.07, 6.45) is 4.71. The standard InChI is InChI=1S/C14H23NO2/c1-4-14(3,17-13(2)16)9-8-12-15-10-6-5-7-11-15/h4-7,10-12H2,1-3H3/p+1/t14-/m0/s1. The Morgan fingerprint density at radius 2 is 2.00 bits per heavy atom. The first kappa shape index (κ1) is 14.1. The van der Waals surface area contributed by atoms with E-state index in [1.807, 2.05) is 13.8 Å². The van der Waals surface area contributed by atoms with Crippen LogP contribution in [0.25, 0.3) is 0 Å². The fourth-order valence-corrected chi connectivity index (χ4v) is 2.09. The predicted molar refractivity (Wildman–Crippen MR) is 67.7 cm³/mol. The van der Waals surface area contributed by atoms with Crippen molar-refractivity contribution in [3.05, 3.63) is 0 Å². The summed E-state index contributed by atoms with van der Waals surface area (Å²) in [6.45, 7) is 8.64. The van der Waals surface area contributed by atoms with E-state index < -0.39 is 5.60 Å². The lowest BCUT2D eigenvalue weighted by atomic mass is 10.0. The van der Waals surface area contributed by atoms with Crippen LogP contribution in [0.3, 0.4) is 0 Å². The molecule has 0 radical (unpaired) electrons. The Morgan fingerprint density at radius 1 is 1.35 bits per heavy atom. The van der Waals surface area contributed by atoms with Gasteiger partial charge in [0.25, 0.3) is 0 Å². The average Bonchev–Trinajstić information content (AvgIpc) is 2.29. The quantitative estimate of drug-likeness (QED) is 0.582. The summed E-state index contributed by atoms with van der Waals surface area (Å²) in [7, 11) is 0. The number of quaternary nitrogens is 1. The first-order valence-electron chi connectivity index (χ1n) is 6.59. The molecule has 1 fully saturated rings. The number of nitrogens with one attached hydrogen (secondary N) is 1. The van der Waals surface area contributed by atoms with Crippen LogP contribution in [0.5, 0.6) is 0 Å². The van der Waals surface area contributed by atoms with Crippen LogP contribution in [0, 0.1) is 11.8 Å². The van der Waals surface area contributed by atoms with E-state index in [2.05, 4.69) is 11.8 Å². The largest absolute Gasteiger partial charge is 0.446 e. The Labute approximate surface area is 105 Å². The van der Waals surface area contributed by atoms with E-state index in [0.717, 1.165) is 13.0 Å². The van der Waals surface area contributed by atoms with Crippen LogP contribution in [-0.4, -0.2) is 31.2 Å². The summed E-state index contributed by atoms with van der Waals surface area (Å²) in [5.41, 5.74) is -0.610. The molecule has 0 bridgehead atoms. The average molecular weight is 238 g/mol. The summed E-state index contributed by atoms with van der Waals surface area (Å²) in [5, 5.41) is 0. The fraction of sp³-hybridized carbons (Fsp3) is 0.786. The number of piperidine rings is 1. The number of esters is 1. The fourth-order valence-electron chi connectivity index (χ4n) is 2.09. The third-order valence-electron chi connectivity index (χ3n) is 3.30. The summed E-state index contributed by atoms with van der Waals surface area (Å²) < 4.78 is 5.25. The number of carbonyl (C=O) groups excluding carboxylic acids is 1. The monoisotopic (exact) mass is 238 g/mol. The van der Waals surface area contributed by atoms with Gasteiger partial charge < -0.3 is 9.64 Å². The van der Waals surface area contributed by atoms with Crippen LogP contribution in [0.15, 0.2) is 0 Å². The summed E-state index contributed by atoms with van der Waals surface area (Å²) >= 11 is 0. The molecule has 3 nitrogen and oxygen atoms in total. The van der Waals surface area contributed by atoms with E-state index in [4.69, 9.17) is 4.74 Å². The van der Waals surface area contributed by atoms with Crippen LogP contribution >= 0.6 is 0 Å². The molecular weight excluding hydrogens is 214 g/mol. The molecule has 1 rings (SSSR count). The highest BCUT2D eigenvalue weighted by atomic mass is 16.6. The molecule has 0 aromatic carbocycles. The van der Waals surface area contributed by atoms with E-state index >= 15 is 0 Å². The van der Waals surface area contributed by atoms with Crippen molar-refractivity contribution in [3.63, 3.8) is 0 Å². The molecule has 0 amide bonds. The van der Waals surface area contributed by atoms with Crippen molar-refractivity contribution in [1.29, 1.82) is 0 Å². The molecule has 0 saturated carbocycles. The minimum Gasteiger partial charge on any atom is -0.446 e. The Bertz CT molecular complexity index is 310. The van der Waals surface area contributed by atoms with Crippen molar-refractivity contribution in [2.45, 2.75) is 52.1 Å². The van der Waals surface area contributed by atoms with Crippen molar-refractivity contribution in [2.75, 3.05) is 19.6 Å². The second-order valence-corrected chi connectivity index (χ2v) is 4.97. The third-order valence-corrected chi connectivity index (χ3v) is 3.30. The van der Waals surface area contributed by atoms with Crippen molar-refractivity contribution < 1.29 is 14.4 Å². The molecule has 1 N–H and O–H groups in total. The molecule has 0 aliphatic carbocycles. The molecule has 0 unspecified atom stereocenters. The molecule has 1 saturated heterocycles. The van der Waals surface area contributed by atoms with Gasteiger partial charge in [-0.25, -0.2) is 0 Å². The molecule has 0 spiro atoms. The van der Waals surface area contributed by atoms with Crippen molar-refractivity contribution >= 4 is 5.97 Å². The van der Waals surface area contributed by atoms with E-state index in [1.54, 1.807) is 4.90 Å². The SMILES string of the molecule is CC[C@@](C)(C#CC[NH+]1CCCCC1)OC(C)=O. The van der Waals surface area contributed by atoms with Crippen molar-refractivity contribution in [3.8, 4) is 11.8 Å². The number of ether oxygens (including phenoxy) is 1. The Balaban J connectivity index is 2.46. The van der Waals surface area contributed by atoms with Gasteiger partial charge in [0.15, 0.2) is 5.60 Å². The van der Waals surface area contributed by atoms with Crippen LogP contribution in [0.4, 0.5) is 0 Å². The van der Waals surface area contributed by atoms with E-state index in [0.29, 0.717) is 0 Å². The van der Waals surface area contributed by atoms with Gasteiger partial charge in [0.1, 0.15) is 6.54 Å². The van der Waals surface area contributed by atoms with Gasteiger partial charge in [0.05, 0.1) is 13.1 Å². The maximum atomic E-state index is 11.0. The minimum atomic E-state index is -0.610. The van der Waals surface area contributed by atoms with Gasteiger partial charge in [0.2, 0.25) is 0 Å². The number of hydrogen-bond acceptors (Lipinski definition) is 2. The maximum Gasteiger partial charge on any atom is 0.304 e. The summed E-state index contributed by atoms with van der Waals surface area (Å²) in [5.74, 6) is 6.04. The lowest BCUT2D eigenvalue weighted by Gasteiger charge is -2.23. The van der Waals surface area contributed by atoms with Gasteiger partial charge >= 0.3 is 5.97 Å². The molecule has 1 atom stereocenters. The molecule has 17 heavy (non-hydrogen) atoms. The van der Waals surface area contributed by atoms with Crippen LogP contribution in [-0.2, 0) is 9.53 Å². The predicted octanol–water partition coefficient (Wildman–Crippen LogP) is 0.790. The zero-order chi connectivity index (χ0) is 12.7. The number of rotatable bonds is 3. The third kappa shape index (κ3) is 5.23. The van der Waals surface area contributed by atoms with Crippen molar-refractivity contribution in [1.82, 2.24) is 0 Å². The molecule has 96 valence electrons. The van der Waals surface area contributed by atoms with Crippen molar-refractivity contribution in [2.24, 2.45) is 0 Å². The minimum absolute atomic E-state index is 0.256. The Hall–Kier alpha value is -1.01. The van der Waals surface area contributed by atoms with Gasteiger partial charge in [-0.3, -0.25) is 4.79 Å². The van der Waals surface area contributed by atoms with Crippen LogP contribution < -0.4 is 4.90 Å². The van der Waals surface area contributed by atoms with Crippen LogP contribution in [0.2, 0.25) is 0 Å². The molecule has 3 heteroatoms. The highest BCUT2D eigenvalue weighted by molar-refractivity contribution is 5.67. The smallest absolute Gasteiger partial charge is 0.304 e. The number of hydrogen-bond donors (Lipinski definition) is 1. The van der Waals surface area contributed by atoms with Gasteiger partial charge in [-0.15, -0.1) is 0 Å². The Kier molecular flexibility index (Phi) is 5.50. The second kappa shape index (κ2) is 6.66. The molecule has 0 aromatic rings. The van der Waals surface area contributed by atoms with E-state index in [-0.39, 0.29) is 5.97 Å². The van der Waals surface area contributed by atoms with Gasteiger partial charge in [-0.1, -0.05) is 6.92 Å². The van der Waals surface area contributed by atoms with Crippen LogP contribution in [0.1, 0.15) is 46.5 Å². The number of likely N-dealkylation sites (tertiary alicyclic amines) is 1.